The van der Waals surface area contributed by atoms with E-state index >= 15 is 0 Å². The number of rotatable bonds is 17. The van der Waals surface area contributed by atoms with Gasteiger partial charge in [0.05, 0.1) is 12.8 Å². The maximum Gasteiger partial charge on any atom is 0.305 e. The zero-order valence-electron chi connectivity index (χ0n) is 29.7. The Hall–Kier alpha value is -5.72. The third-order valence-electron chi connectivity index (χ3n) is 9.99. The number of aryl methyl sites for hydroxylation is 1. The molecule has 280 valence electrons. The molecule has 0 radical (unpaired) electrons. The SMILES string of the molecule is NC(N)=NCC[C@H](NC(=O)[C@@H]1C[C@@H](Cc2ccccc2)[C@@H]2CCC(NC(=O)Cc3ccccc3)C(=O)N12)C(=O)N[C@@H](CCc1ccccc1)CC(=O)O. The van der Waals surface area contributed by atoms with Crippen molar-refractivity contribution in [1.29, 1.82) is 0 Å². The molecular formula is C40H49N7O6. The molecule has 0 bridgehead atoms. The van der Waals surface area contributed by atoms with Gasteiger partial charge in [-0.2, -0.15) is 0 Å². The average Bonchev–Trinajstić information content (AvgIpc) is 3.51. The van der Waals surface area contributed by atoms with Gasteiger partial charge in [-0.15, -0.1) is 0 Å². The summed E-state index contributed by atoms with van der Waals surface area (Å²) >= 11 is 0. The van der Waals surface area contributed by atoms with E-state index in [-0.39, 0.29) is 55.5 Å². The maximum atomic E-state index is 14.2. The summed E-state index contributed by atoms with van der Waals surface area (Å²) in [4.78, 5) is 72.6. The van der Waals surface area contributed by atoms with Crippen molar-refractivity contribution in [3.63, 3.8) is 0 Å². The summed E-state index contributed by atoms with van der Waals surface area (Å²) in [5.74, 6) is -2.99. The normalized spacial score (nSPS) is 20.4. The molecule has 6 atom stereocenters. The van der Waals surface area contributed by atoms with E-state index in [1.807, 2.05) is 91.0 Å². The molecule has 2 aliphatic rings. The highest BCUT2D eigenvalue weighted by molar-refractivity contribution is 5.95. The van der Waals surface area contributed by atoms with Crippen LogP contribution in [0, 0.1) is 5.92 Å². The Balaban J connectivity index is 1.33. The molecule has 5 rings (SSSR count). The van der Waals surface area contributed by atoms with Gasteiger partial charge in [-0.3, -0.25) is 29.0 Å². The lowest BCUT2D eigenvalue weighted by molar-refractivity contribution is -0.147. The standard InChI is InChI=1S/C40H49N7O6/c41-40(42)43-21-20-31(37(51)44-30(25-36(49)50)17-16-26-10-4-1-5-11-26)46-38(52)34-24-29(22-27-12-6-2-7-13-27)33-19-18-32(39(53)47(33)34)45-35(48)23-28-14-8-3-9-15-28/h1-15,29-34H,16-25H2,(H,44,51)(H,45,48)(H,46,52)(H,49,50)(H4,41,42,43)/t29-,30+,31+,32?,33+,34+/m1/s1. The summed E-state index contributed by atoms with van der Waals surface area (Å²) in [6.07, 6.45) is 2.79. The number of nitrogens with one attached hydrogen (secondary N) is 3. The fourth-order valence-corrected chi connectivity index (χ4v) is 7.46. The molecule has 0 aromatic heterocycles. The first kappa shape index (κ1) is 38.5. The highest BCUT2D eigenvalue weighted by Crippen LogP contribution is 2.39. The zero-order chi connectivity index (χ0) is 37.7. The Bertz CT molecular complexity index is 1740. The van der Waals surface area contributed by atoms with Crippen molar-refractivity contribution in [3.8, 4) is 0 Å². The Morgan fingerprint density at radius 1 is 0.830 bits per heavy atom. The number of carbonyl (C=O) groups excluding carboxylic acids is 4. The number of carboxylic acids is 1. The second-order valence-corrected chi connectivity index (χ2v) is 13.9. The van der Waals surface area contributed by atoms with Gasteiger partial charge in [0.1, 0.15) is 18.1 Å². The predicted molar refractivity (Wildman–Crippen MR) is 200 cm³/mol. The Labute approximate surface area is 309 Å². The van der Waals surface area contributed by atoms with Crippen LogP contribution < -0.4 is 27.4 Å². The molecule has 3 aromatic carbocycles. The third kappa shape index (κ3) is 11.1. The van der Waals surface area contributed by atoms with Gasteiger partial charge in [0.15, 0.2) is 5.96 Å². The molecule has 3 aromatic rings. The lowest BCUT2D eigenvalue weighted by atomic mass is 9.86. The Morgan fingerprint density at radius 3 is 2.08 bits per heavy atom. The minimum Gasteiger partial charge on any atom is -0.481 e. The lowest BCUT2D eigenvalue weighted by Crippen LogP contribution is -2.60. The molecule has 2 fully saturated rings. The molecule has 4 amide bonds. The highest BCUT2D eigenvalue weighted by Gasteiger charge is 2.51. The van der Waals surface area contributed by atoms with Gasteiger partial charge in [-0.1, -0.05) is 91.0 Å². The number of guanidine groups is 1. The molecule has 13 nitrogen and oxygen atoms in total. The first-order chi connectivity index (χ1) is 25.6. The number of carboxylic acid groups (broad SMARTS) is 1. The third-order valence-corrected chi connectivity index (χ3v) is 9.99. The van der Waals surface area contributed by atoms with E-state index in [1.165, 1.54) is 0 Å². The average molecular weight is 724 g/mol. The minimum atomic E-state index is -1.12. The number of nitrogens with zero attached hydrogens (tertiary/aromatic N) is 2. The number of piperidine rings is 1. The van der Waals surface area contributed by atoms with Crippen LogP contribution in [0.2, 0.25) is 0 Å². The molecular weight excluding hydrogens is 674 g/mol. The van der Waals surface area contributed by atoms with E-state index in [0.717, 1.165) is 16.7 Å². The van der Waals surface area contributed by atoms with Crippen LogP contribution in [0.1, 0.15) is 55.2 Å². The molecule has 0 aliphatic carbocycles. The summed E-state index contributed by atoms with van der Waals surface area (Å²) in [5.41, 5.74) is 14.0. The van der Waals surface area contributed by atoms with Gasteiger partial charge in [-0.05, 0) is 67.6 Å². The monoisotopic (exact) mass is 723 g/mol. The smallest absolute Gasteiger partial charge is 0.305 e. The number of benzene rings is 3. The molecule has 0 spiro atoms. The summed E-state index contributed by atoms with van der Waals surface area (Å²) in [5, 5.41) is 18.2. The number of aliphatic carboxylic acids is 1. The fourth-order valence-electron chi connectivity index (χ4n) is 7.46. The van der Waals surface area contributed by atoms with Gasteiger partial charge < -0.3 is 37.4 Å². The van der Waals surface area contributed by atoms with E-state index in [9.17, 15) is 29.1 Å². The van der Waals surface area contributed by atoms with E-state index in [4.69, 9.17) is 11.5 Å². The van der Waals surface area contributed by atoms with Gasteiger partial charge in [-0.25, -0.2) is 0 Å². The number of aliphatic imine (C=N–C) groups is 1. The van der Waals surface area contributed by atoms with Crippen molar-refractivity contribution in [3.05, 3.63) is 108 Å². The second-order valence-electron chi connectivity index (χ2n) is 13.9. The zero-order valence-corrected chi connectivity index (χ0v) is 29.7. The quantitative estimate of drug-likeness (QED) is 0.0895. The predicted octanol–water partition coefficient (Wildman–Crippen LogP) is 2.08. The van der Waals surface area contributed by atoms with Crippen molar-refractivity contribution in [1.82, 2.24) is 20.9 Å². The van der Waals surface area contributed by atoms with E-state index in [1.54, 1.807) is 4.90 Å². The fraction of sp³-hybridized carbons (Fsp3) is 0.400. The van der Waals surface area contributed by atoms with Crippen LogP contribution in [-0.4, -0.2) is 82.3 Å². The first-order valence-corrected chi connectivity index (χ1v) is 18.2. The summed E-state index contributed by atoms with van der Waals surface area (Å²) < 4.78 is 0. The number of fused-ring (bicyclic) bond motifs is 1. The van der Waals surface area contributed by atoms with Crippen LogP contribution in [0.25, 0.3) is 0 Å². The van der Waals surface area contributed by atoms with E-state index < -0.39 is 42.0 Å². The molecule has 1 unspecified atom stereocenters. The number of amides is 4. The van der Waals surface area contributed by atoms with Crippen LogP contribution in [-0.2, 0) is 43.2 Å². The van der Waals surface area contributed by atoms with Gasteiger partial charge >= 0.3 is 5.97 Å². The van der Waals surface area contributed by atoms with Gasteiger partial charge in [0.25, 0.3) is 0 Å². The highest BCUT2D eigenvalue weighted by atomic mass is 16.4. The van der Waals surface area contributed by atoms with Crippen molar-refractivity contribution in [2.45, 2.75) is 88.0 Å². The van der Waals surface area contributed by atoms with E-state index in [0.29, 0.717) is 38.5 Å². The maximum absolute atomic E-state index is 14.2. The van der Waals surface area contributed by atoms with Crippen LogP contribution >= 0.6 is 0 Å². The number of hydrogen-bond acceptors (Lipinski definition) is 6. The minimum absolute atomic E-state index is 0.0242. The van der Waals surface area contributed by atoms with Gasteiger partial charge in [0, 0.05) is 18.6 Å². The number of carbonyl (C=O) groups is 5. The number of hydrogen-bond donors (Lipinski definition) is 6. The largest absolute Gasteiger partial charge is 0.481 e. The Morgan fingerprint density at radius 2 is 1.45 bits per heavy atom. The van der Waals surface area contributed by atoms with Crippen molar-refractivity contribution in [2.24, 2.45) is 22.4 Å². The molecule has 0 saturated carbocycles. The summed E-state index contributed by atoms with van der Waals surface area (Å²) in [6, 6.07) is 24.9. The van der Waals surface area contributed by atoms with E-state index in [2.05, 4.69) is 20.9 Å². The first-order valence-electron chi connectivity index (χ1n) is 18.2. The molecule has 2 saturated heterocycles. The second kappa shape index (κ2) is 18.7. The molecule has 2 aliphatic heterocycles. The lowest BCUT2D eigenvalue weighted by Gasteiger charge is -2.39. The number of nitrogens with two attached hydrogens (primary N) is 2. The summed E-state index contributed by atoms with van der Waals surface area (Å²) in [7, 11) is 0. The van der Waals surface area contributed by atoms with Crippen LogP contribution in [0.3, 0.4) is 0 Å². The molecule has 2 heterocycles. The topological polar surface area (TPSA) is 209 Å². The molecule has 13 heteroatoms. The van der Waals surface area contributed by atoms with Crippen molar-refractivity contribution < 1.29 is 29.1 Å². The van der Waals surface area contributed by atoms with Crippen LogP contribution in [0.4, 0.5) is 0 Å². The molecule has 8 N–H and O–H groups in total. The van der Waals surface area contributed by atoms with Crippen molar-refractivity contribution in [2.75, 3.05) is 6.54 Å². The van der Waals surface area contributed by atoms with Crippen LogP contribution in [0.15, 0.2) is 96.0 Å². The van der Waals surface area contributed by atoms with Crippen molar-refractivity contribution >= 4 is 35.6 Å². The van der Waals surface area contributed by atoms with Crippen LogP contribution in [0.5, 0.6) is 0 Å². The summed E-state index contributed by atoms with van der Waals surface area (Å²) in [6.45, 7) is 0.0242. The van der Waals surface area contributed by atoms with Gasteiger partial charge in [0.2, 0.25) is 23.6 Å². The Kier molecular flexibility index (Phi) is 13.6. The molecule has 53 heavy (non-hydrogen) atoms.